The Hall–Kier alpha value is -0.930. The smallest absolute Gasteiger partial charge is 0.157 e. The molecule has 1 atom stereocenters. The molecule has 3 heteroatoms. The van der Waals surface area contributed by atoms with Crippen LogP contribution in [-0.2, 0) is 5.60 Å². The lowest BCUT2D eigenvalue weighted by atomic mass is 9.87. The van der Waals surface area contributed by atoms with Crippen molar-refractivity contribution in [2.24, 2.45) is 0 Å². The van der Waals surface area contributed by atoms with E-state index in [1.807, 2.05) is 42.3 Å². The molecule has 1 heterocycles. The molecule has 1 unspecified atom stereocenters. The number of rotatable bonds is 1. The van der Waals surface area contributed by atoms with E-state index >= 15 is 0 Å². The second-order valence-corrected chi connectivity index (χ2v) is 3.77. The molecule has 1 aromatic rings. The molecule has 1 fully saturated rings. The zero-order valence-electron chi connectivity index (χ0n) is 7.40. The summed E-state index contributed by atoms with van der Waals surface area (Å²) in [6, 6.07) is 9.55. The monoisotopic (exact) mass is 194 g/mol. The molecule has 0 saturated carbocycles. The van der Waals surface area contributed by atoms with Crippen LogP contribution in [0.5, 0.6) is 0 Å². The summed E-state index contributed by atoms with van der Waals surface area (Å²) in [6.45, 7) is 0.593. The molecule has 1 aliphatic rings. The van der Waals surface area contributed by atoms with E-state index < -0.39 is 5.60 Å². The van der Waals surface area contributed by atoms with E-state index in [1.165, 1.54) is 0 Å². The van der Waals surface area contributed by atoms with Gasteiger partial charge in [-0.3, -0.25) is 0 Å². The molecule has 1 aromatic carbocycles. The summed E-state index contributed by atoms with van der Waals surface area (Å²) < 4.78 is 0. The molecule has 0 amide bonds. The summed E-state index contributed by atoms with van der Waals surface area (Å²) in [6.07, 6.45) is 0. The molecule has 1 aliphatic heterocycles. The number of nitrogens with zero attached hydrogens (tertiary/aromatic N) is 1. The summed E-state index contributed by atoms with van der Waals surface area (Å²) in [5.41, 5.74) is -0.0103. The van der Waals surface area contributed by atoms with Crippen molar-refractivity contribution in [3.8, 4) is 0 Å². The Kier molecular flexibility index (Phi) is 1.86. The highest BCUT2D eigenvalue weighted by Crippen LogP contribution is 2.32. The van der Waals surface area contributed by atoms with E-state index in [-0.39, 0.29) is 0 Å². The summed E-state index contributed by atoms with van der Waals surface area (Å²) in [4.78, 5) is 2.49. The Balaban J connectivity index is 2.33. The molecule has 0 aromatic heterocycles. The highest BCUT2D eigenvalue weighted by molar-refractivity contribution is 7.80. The predicted molar refractivity (Wildman–Crippen MR) is 55.6 cm³/mol. The van der Waals surface area contributed by atoms with Gasteiger partial charge in [0.05, 0.1) is 6.54 Å². The molecule has 0 spiro atoms. The Bertz CT molecular complexity index is 338. The second-order valence-electron chi connectivity index (χ2n) is 3.39. The van der Waals surface area contributed by atoms with Crippen LogP contribution in [-0.4, -0.2) is 28.6 Å². The number of hydrogen-bond acceptors (Lipinski definition) is 2. The maximum Gasteiger partial charge on any atom is 0.157 e. The van der Waals surface area contributed by atoms with E-state index in [2.05, 4.69) is 0 Å². The van der Waals surface area contributed by atoms with Crippen LogP contribution in [0.15, 0.2) is 30.3 Å². The van der Waals surface area contributed by atoms with Crippen LogP contribution in [0.25, 0.3) is 0 Å². The Labute approximate surface area is 82.8 Å². The molecule has 0 radical (unpaired) electrons. The van der Waals surface area contributed by atoms with Gasteiger partial charge in [0.2, 0.25) is 0 Å². The van der Waals surface area contributed by atoms with Gasteiger partial charge in [0.15, 0.2) is 5.60 Å². The summed E-state index contributed by atoms with van der Waals surface area (Å²) >= 11 is 5.10. The maximum absolute atomic E-state index is 10.1. The Morgan fingerprint density at radius 3 is 2.46 bits per heavy atom. The zero-order valence-corrected chi connectivity index (χ0v) is 8.21. The van der Waals surface area contributed by atoms with Crippen LogP contribution in [0.3, 0.4) is 0 Å². The third-order valence-electron chi connectivity index (χ3n) is 2.42. The van der Waals surface area contributed by atoms with Gasteiger partial charge < -0.3 is 10.0 Å². The first-order chi connectivity index (χ1) is 6.14. The van der Waals surface area contributed by atoms with Crippen molar-refractivity contribution in [3.05, 3.63) is 35.9 Å². The largest absolute Gasteiger partial charge is 0.376 e. The van der Waals surface area contributed by atoms with Crippen molar-refractivity contribution in [1.82, 2.24) is 4.90 Å². The van der Waals surface area contributed by atoms with Gasteiger partial charge in [0, 0.05) is 7.05 Å². The van der Waals surface area contributed by atoms with E-state index in [9.17, 15) is 5.11 Å². The minimum Gasteiger partial charge on any atom is -0.376 e. The van der Waals surface area contributed by atoms with Crippen molar-refractivity contribution in [3.63, 3.8) is 0 Å². The third-order valence-corrected chi connectivity index (χ3v) is 3.07. The highest BCUT2D eigenvalue weighted by Gasteiger charge is 2.46. The Morgan fingerprint density at radius 2 is 2.00 bits per heavy atom. The molecule has 1 saturated heterocycles. The topological polar surface area (TPSA) is 23.5 Å². The van der Waals surface area contributed by atoms with Gasteiger partial charge in [-0.2, -0.15) is 0 Å². The van der Waals surface area contributed by atoms with Crippen molar-refractivity contribution < 1.29 is 5.11 Å². The molecule has 68 valence electrons. The van der Waals surface area contributed by atoms with E-state index in [1.54, 1.807) is 0 Å². The van der Waals surface area contributed by atoms with Gasteiger partial charge in [-0.15, -0.1) is 0 Å². The lowest BCUT2D eigenvalue weighted by Gasteiger charge is -2.46. The average molecular weight is 194 g/mol. The van der Waals surface area contributed by atoms with Crippen LogP contribution in [0.2, 0.25) is 0 Å². The third kappa shape index (κ3) is 1.16. The molecule has 0 bridgehead atoms. The van der Waals surface area contributed by atoms with Crippen molar-refractivity contribution in [2.45, 2.75) is 5.60 Å². The molecule has 2 nitrogen and oxygen atoms in total. The summed E-state index contributed by atoms with van der Waals surface area (Å²) in [7, 11) is 1.89. The first-order valence-electron chi connectivity index (χ1n) is 4.18. The van der Waals surface area contributed by atoms with Gasteiger partial charge in [-0.1, -0.05) is 42.5 Å². The first kappa shape index (κ1) is 8.66. The van der Waals surface area contributed by atoms with Crippen LogP contribution in [0, 0.1) is 0 Å². The van der Waals surface area contributed by atoms with Gasteiger partial charge >= 0.3 is 0 Å². The lowest BCUT2D eigenvalue weighted by Crippen LogP contribution is -2.61. The number of hydrogen-bond donors (Lipinski definition) is 1. The van der Waals surface area contributed by atoms with Crippen molar-refractivity contribution >= 4 is 17.2 Å². The number of likely N-dealkylation sites (tertiary alicyclic amines) is 1. The second kappa shape index (κ2) is 2.79. The minimum absolute atomic E-state index is 0.593. The highest BCUT2D eigenvalue weighted by atomic mass is 32.1. The number of thiocarbonyl (C=S) groups is 1. The standard InChI is InChI=1S/C10H11NOS/c1-11-7-10(12,9(11)13)8-5-3-2-4-6-8/h2-6,12H,7H2,1H3/i12+1. The predicted octanol–water partition coefficient (Wildman–Crippen LogP) is 1.15. The minimum atomic E-state index is -0.897. The fourth-order valence-electron chi connectivity index (χ4n) is 1.64. The van der Waals surface area contributed by atoms with Crippen LogP contribution in [0.4, 0.5) is 0 Å². The van der Waals surface area contributed by atoms with E-state index in [0.717, 1.165) is 5.56 Å². The van der Waals surface area contributed by atoms with Crippen molar-refractivity contribution in [2.75, 3.05) is 13.6 Å². The Morgan fingerprint density at radius 1 is 1.38 bits per heavy atom. The van der Waals surface area contributed by atoms with Gasteiger partial charge in [0.1, 0.15) is 4.99 Å². The SMILES string of the molecule is CN1CC([17OH])(c2ccccc2)C1=S. The van der Waals surface area contributed by atoms with Gasteiger partial charge in [0.25, 0.3) is 0 Å². The van der Waals surface area contributed by atoms with E-state index in [0.29, 0.717) is 11.5 Å². The molecule has 0 aliphatic carbocycles. The number of β-amino-alcohol motifs (C(OH)–C–C–N with tert-alkyl or cyclic N) is 1. The molecule has 2 rings (SSSR count). The normalized spacial score (nSPS) is 27.2. The number of aliphatic hydroxyl groups is 1. The van der Waals surface area contributed by atoms with Crippen LogP contribution >= 0.6 is 12.2 Å². The lowest BCUT2D eigenvalue weighted by molar-refractivity contribution is 0.0346. The van der Waals surface area contributed by atoms with Crippen LogP contribution in [0.1, 0.15) is 5.56 Å². The van der Waals surface area contributed by atoms with Gasteiger partial charge in [-0.25, -0.2) is 0 Å². The molecular formula is C10H11NOS. The maximum atomic E-state index is 10.1. The fourth-order valence-corrected chi connectivity index (χ4v) is 1.88. The molecular weight excluding hydrogens is 183 g/mol. The molecule has 13 heavy (non-hydrogen) atoms. The van der Waals surface area contributed by atoms with E-state index in [4.69, 9.17) is 12.2 Å². The first-order valence-corrected chi connectivity index (χ1v) is 4.59. The summed E-state index contributed by atoms with van der Waals surface area (Å²) in [5.74, 6) is 0. The van der Waals surface area contributed by atoms with Gasteiger partial charge in [-0.05, 0) is 5.56 Å². The van der Waals surface area contributed by atoms with Crippen molar-refractivity contribution in [1.29, 1.82) is 0 Å². The fraction of sp³-hybridized carbons (Fsp3) is 0.300. The zero-order chi connectivity index (χ0) is 9.47. The number of benzene rings is 1. The average Bonchev–Trinajstić information content (AvgIpc) is 2.19. The van der Waals surface area contributed by atoms with Crippen LogP contribution < -0.4 is 0 Å². The number of likely N-dealkylation sites (N-methyl/N-ethyl adjacent to an activating group) is 1. The quantitative estimate of drug-likeness (QED) is 0.678. The molecule has 1 N–H and O–H groups in total. The summed E-state index contributed by atoms with van der Waals surface area (Å²) in [5, 5.41) is 10.1.